The van der Waals surface area contributed by atoms with Crippen molar-refractivity contribution in [3.63, 3.8) is 0 Å². The molecule has 1 aromatic carbocycles. The van der Waals surface area contributed by atoms with Gasteiger partial charge in [-0.05, 0) is 31.5 Å². The highest BCUT2D eigenvalue weighted by molar-refractivity contribution is 7.89. The summed E-state index contributed by atoms with van der Waals surface area (Å²) in [6, 6.07) is 2.80. The highest BCUT2D eigenvalue weighted by Crippen LogP contribution is 2.25. The minimum absolute atomic E-state index is 0.00589. The van der Waals surface area contributed by atoms with Gasteiger partial charge in [-0.2, -0.15) is 0 Å². The van der Waals surface area contributed by atoms with Crippen molar-refractivity contribution in [2.45, 2.75) is 25.2 Å². The summed E-state index contributed by atoms with van der Waals surface area (Å²) in [5.41, 5.74) is 6.39. The number of rotatable bonds is 6. The van der Waals surface area contributed by atoms with Crippen molar-refractivity contribution in [3.05, 3.63) is 22.7 Å². The van der Waals surface area contributed by atoms with Crippen LogP contribution in [0, 0.1) is 6.92 Å². The van der Waals surface area contributed by atoms with Gasteiger partial charge in [0, 0.05) is 17.3 Å². The van der Waals surface area contributed by atoms with E-state index in [0.717, 1.165) is 0 Å². The molecule has 0 heterocycles. The first-order valence-corrected chi connectivity index (χ1v) is 7.85. The minimum atomic E-state index is -3.77. The van der Waals surface area contributed by atoms with E-state index in [1.807, 2.05) is 0 Å². The number of nitrogens with one attached hydrogen (secondary N) is 1. The molecule has 0 bridgehead atoms. The van der Waals surface area contributed by atoms with Crippen molar-refractivity contribution in [1.82, 2.24) is 4.72 Å². The maximum absolute atomic E-state index is 12.1. The number of nitrogen functional groups attached to an aromatic ring is 1. The van der Waals surface area contributed by atoms with E-state index < -0.39 is 16.0 Å². The lowest BCUT2D eigenvalue weighted by molar-refractivity contribution is -0.142. The van der Waals surface area contributed by atoms with Crippen LogP contribution in [0.5, 0.6) is 0 Å². The number of benzene rings is 1. The zero-order valence-corrected chi connectivity index (χ0v) is 12.8. The molecule has 112 valence electrons. The Hall–Kier alpha value is -1.31. The van der Waals surface area contributed by atoms with Gasteiger partial charge in [0.05, 0.1) is 17.9 Å². The molecule has 1 aromatic rings. The Morgan fingerprint density at radius 2 is 2.10 bits per heavy atom. The Morgan fingerprint density at radius 1 is 1.45 bits per heavy atom. The Balaban J connectivity index is 2.82. The lowest BCUT2D eigenvalue weighted by atomic mass is 10.2. The number of anilines is 1. The Morgan fingerprint density at radius 3 is 2.70 bits per heavy atom. The lowest BCUT2D eigenvalue weighted by Gasteiger charge is -2.11. The zero-order valence-electron chi connectivity index (χ0n) is 11.3. The summed E-state index contributed by atoms with van der Waals surface area (Å²) in [5.74, 6) is -0.461. The van der Waals surface area contributed by atoms with Crippen LogP contribution < -0.4 is 10.5 Å². The van der Waals surface area contributed by atoms with Crippen LogP contribution in [0.2, 0.25) is 5.02 Å². The average molecular weight is 321 g/mol. The maximum atomic E-state index is 12.1. The molecule has 0 aromatic heterocycles. The second kappa shape index (κ2) is 6.92. The van der Waals surface area contributed by atoms with E-state index in [1.165, 1.54) is 12.1 Å². The maximum Gasteiger partial charge on any atom is 0.307 e. The predicted molar refractivity (Wildman–Crippen MR) is 77.0 cm³/mol. The van der Waals surface area contributed by atoms with Gasteiger partial charge in [-0.15, -0.1) is 0 Å². The molecule has 0 unspecified atom stereocenters. The number of hydrogen-bond donors (Lipinski definition) is 2. The molecule has 3 N–H and O–H groups in total. The SMILES string of the molecule is CCOC(=O)CCNS(=O)(=O)c1cc(Cl)cc(N)c1C. The molecule has 0 spiro atoms. The van der Waals surface area contributed by atoms with E-state index in [1.54, 1.807) is 13.8 Å². The fourth-order valence-corrected chi connectivity index (χ4v) is 3.17. The van der Waals surface area contributed by atoms with Gasteiger partial charge in [-0.3, -0.25) is 4.79 Å². The molecule has 0 fully saturated rings. The van der Waals surface area contributed by atoms with Crippen LogP contribution in [0.4, 0.5) is 5.69 Å². The van der Waals surface area contributed by atoms with Gasteiger partial charge in [0.25, 0.3) is 0 Å². The van der Waals surface area contributed by atoms with Crippen LogP contribution in [0.1, 0.15) is 18.9 Å². The molecule has 0 radical (unpaired) electrons. The summed E-state index contributed by atoms with van der Waals surface area (Å²) in [5, 5.41) is 0.235. The first kappa shape index (κ1) is 16.7. The largest absolute Gasteiger partial charge is 0.466 e. The van der Waals surface area contributed by atoms with E-state index in [-0.39, 0.29) is 29.5 Å². The zero-order chi connectivity index (χ0) is 15.3. The van der Waals surface area contributed by atoms with E-state index in [9.17, 15) is 13.2 Å². The third-order valence-corrected chi connectivity index (χ3v) is 4.39. The minimum Gasteiger partial charge on any atom is -0.466 e. The summed E-state index contributed by atoms with van der Waals surface area (Å²) in [6.07, 6.45) is -0.0395. The summed E-state index contributed by atoms with van der Waals surface area (Å²) in [4.78, 5) is 11.1. The number of ether oxygens (including phenoxy) is 1. The third kappa shape index (κ3) is 4.36. The summed E-state index contributed by atoms with van der Waals surface area (Å²) in [6.45, 7) is 3.48. The van der Waals surface area contributed by atoms with Crippen molar-refractivity contribution in [2.24, 2.45) is 0 Å². The first-order valence-electron chi connectivity index (χ1n) is 5.99. The molecule has 0 aliphatic carbocycles. The molecule has 8 heteroatoms. The second-order valence-electron chi connectivity index (χ2n) is 4.07. The fourth-order valence-electron chi connectivity index (χ4n) is 1.55. The summed E-state index contributed by atoms with van der Waals surface area (Å²) >= 11 is 5.81. The molecule has 1 rings (SSSR count). The fraction of sp³-hybridized carbons (Fsp3) is 0.417. The van der Waals surface area contributed by atoms with Gasteiger partial charge < -0.3 is 10.5 Å². The molecule has 0 saturated carbocycles. The molecular weight excluding hydrogens is 304 g/mol. The Labute approximate surface area is 123 Å². The number of hydrogen-bond acceptors (Lipinski definition) is 5. The molecular formula is C12H17ClN2O4S. The quantitative estimate of drug-likeness (QED) is 0.611. The Bertz CT molecular complexity index is 602. The molecule has 20 heavy (non-hydrogen) atoms. The van der Waals surface area contributed by atoms with Gasteiger partial charge in [0.2, 0.25) is 10.0 Å². The summed E-state index contributed by atoms with van der Waals surface area (Å²) < 4.78 is 31.3. The average Bonchev–Trinajstić information content (AvgIpc) is 2.33. The number of halogens is 1. The first-order chi connectivity index (χ1) is 9.27. The predicted octanol–water partition coefficient (Wildman–Crippen LogP) is 1.46. The molecule has 0 amide bonds. The van der Waals surface area contributed by atoms with Crippen molar-refractivity contribution in [2.75, 3.05) is 18.9 Å². The number of carbonyl (C=O) groups is 1. The van der Waals surface area contributed by atoms with Crippen LogP contribution in [0.15, 0.2) is 17.0 Å². The smallest absolute Gasteiger partial charge is 0.307 e. The highest BCUT2D eigenvalue weighted by Gasteiger charge is 2.19. The van der Waals surface area contributed by atoms with Crippen molar-refractivity contribution >= 4 is 33.3 Å². The van der Waals surface area contributed by atoms with Gasteiger partial charge >= 0.3 is 5.97 Å². The standard InChI is InChI=1S/C12H17ClN2O4S/c1-3-19-12(16)4-5-15-20(17,18)11-7-9(13)6-10(14)8(11)2/h6-7,15H,3-5,14H2,1-2H3. The monoisotopic (exact) mass is 320 g/mol. The lowest BCUT2D eigenvalue weighted by Crippen LogP contribution is -2.27. The molecule has 0 saturated heterocycles. The van der Waals surface area contributed by atoms with Gasteiger partial charge in [0.1, 0.15) is 0 Å². The van der Waals surface area contributed by atoms with Crippen molar-refractivity contribution in [3.8, 4) is 0 Å². The van der Waals surface area contributed by atoms with Crippen LogP contribution in [0.25, 0.3) is 0 Å². The molecule has 0 atom stereocenters. The number of esters is 1. The van der Waals surface area contributed by atoms with Crippen LogP contribution in [0.3, 0.4) is 0 Å². The molecule has 0 aliphatic heterocycles. The van der Waals surface area contributed by atoms with Gasteiger partial charge in [-0.25, -0.2) is 13.1 Å². The van der Waals surface area contributed by atoms with E-state index >= 15 is 0 Å². The number of nitrogens with two attached hydrogens (primary N) is 1. The number of carbonyl (C=O) groups excluding carboxylic acids is 1. The van der Waals surface area contributed by atoms with Gasteiger partial charge in [-0.1, -0.05) is 11.6 Å². The van der Waals surface area contributed by atoms with Gasteiger partial charge in [0.15, 0.2) is 0 Å². The topological polar surface area (TPSA) is 98.5 Å². The van der Waals surface area contributed by atoms with Crippen molar-refractivity contribution in [1.29, 1.82) is 0 Å². The second-order valence-corrected chi connectivity index (χ2v) is 6.24. The molecule has 6 nitrogen and oxygen atoms in total. The third-order valence-electron chi connectivity index (χ3n) is 2.58. The summed E-state index contributed by atoms with van der Waals surface area (Å²) in [7, 11) is -3.77. The van der Waals surface area contributed by atoms with Crippen molar-refractivity contribution < 1.29 is 17.9 Å². The van der Waals surface area contributed by atoms with Crippen LogP contribution >= 0.6 is 11.6 Å². The highest BCUT2D eigenvalue weighted by atomic mass is 35.5. The van der Waals surface area contributed by atoms with Crippen LogP contribution in [-0.2, 0) is 19.6 Å². The van der Waals surface area contributed by atoms with E-state index in [4.69, 9.17) is 22.1 Å². The normalized spacial score (nSPS) is 11.3. The Kier molecular flexibility index (Phi) is 5.79. The van der Waals surface area contributed by atoms with E-state index in [0.29, 0.717) is 11.3 Å². The number of sulfonamides is 1. The molecule has 0 aliphatic rings. The van der Waals surface area contributed by atoms with E-state index in [2.05, 4.69) is 4.72 Å². The van der Waals surface area contributed by atoms with Crippen LogP contribution in [-0.4, -0.2) is 27.5 Å².